The van der Waals surface area contributed by atoms with Crippen molar-refractivity contribution in [2.24, 2.45) is 5.41 Å². The van der Waals surface area contributed by atoms with Gasteiger partial charge in [0.1, 0.15) is 0 Å². The molecule has 0 N–H and O–H groups in total. The maximum Gasteiger partial charge on any atom is 0.243 e. The van der Waals surface area contributed by atoms with Gasteiger partial charge in [0.15, 0.2) is 5.82 Å². The lowest BCUT2D eigenvalue weighted by Gasteiger charge is -2.38. The third-order valence-corrected chi connectivity index (χ3v) is 9.62. The monoisotopic (exact) mass is 444 g/mol. The van der Waals surface area contributed by atoms with Crippen LogP contribution in [0.15, 0.2) is 33.7 Å². The first-order valence-electron chi connectivity index (χ1n) is 11.5. The minimum Gasteiger partial charge on any atom is -0.339 e. The summed E-state index contributed by atoms with van der Waals surface area (Å²) in [6.07, 6.45) is 7.16. The van der Waals surface area contributed by atoms with Crippen LogP contribution in [0.5, 0.6) is 0 Å². The molecule has 2 aromatic rings. The molecule has 3 heterocycles. The number of aryl methyl sites for hydroxylation is 1. The molecule has 1 unspecified atom stereocenters. The van der Waals surface area contributed by atoms with Gasteiger partial charge >= 0.3 is 0 Å². The smallest absolute Gasteiger partial charge is 0.243 e. The van der Waals surface area contributed by atoms with Crippen molar-refractivity contribution in [1.29, 1.82) is 0 Å². The van der Waals surface area contributed by atoms with E-state index in [9.17, 15) is 8.42 Å². The van der Waals surface area contributed by atoms with Gasteiger partial charge in [-0.15, -0.1) is 0 Å². The highest BCUT2D eigenvalue weighted by Gasteiger charge is 2.47. The second-order valence-corrected chi connectivity index (χ2v) is 11.6. The van der Waals surface area contributed by atoms with Crippen molar-refractivity contribution < 1.29 is 12.9 Å². The Kier molecular flexibility index (Phi) is 5.43. The number of sulfonamides is 1. The van der Waals surface area contributed by atoms with Crippen molar-refractivity contribution >= 4 is 10.0 Å². The van der Waals surface area contributed by atoms with Crippen LogP contribution in [-0.4, -0.2) is 54.4 Å². The third kappa shape index (κ3) is 3.83. The maximum absolute atomic E-state index is 13.1. The largest absolute Gasteiger partial charge is 0.339 e. The molecule has 0 radical (unpaired) electrons. The lowest BCUT2D eigenvalue weighted by molar-refractivity contribution is 0.161. The van der Waals surface area contributed by atoms with Gasteiger partial charge in [0, 0.05) is 25.6 Å². The van der Waals surface area contributed by atoms with Gasteiger partial charge in [0.2, 0.25) is 15.9 Å². The number of hydrogen-bond donors (Lipinski definition) is 0. The first kappa shape index (κ1) is 21.1. The van der Waals surface area contributed by atoms with Gasteiger partial charge in [-0.1, -0.05) is 30.6 Å². The molecule has 1 spiro atoms. The summed E-state index contributed by atoms with van der Waals surface area (Å²) in [7, 11) is -1.31. The molecule has 1 aromatic carbocycles. The standard InChI is InChI=1S/C23H32N4O3S/c1-3-17-7-9-19(10-8-17)31(28,29)27-13-11-23(12-14-27)15-20(26(2)16-23)21-24-22(30-25-21)18-5-4-6-18/h7-10,18,20H,3-6,11-16H2,1-2H3. The van der Waals surface area contributed by atoms with Gasteiger partial charge in [0.05, 0.1) is 10.9 Å². The molecule has 3 aliphatic rings. The van der Waals surface area contributed by atoms with Crippen molar-refractivity contribution in [3.63, 3.8) is 0 Å². The molecule has 31 heavy (non-hydrogen) atoms. The normalized spacial score (nSPS) is 25.2. The molecule has 0 amide bonds. The van der Waals surface area contributed by atoms with E-state index in [0.29, 0.717) is 23.9 Å². The van der Waals surface area contributed by atoms with Crippen molar-refractivity contribution in [1.82, 2.24) is 19.3 Å². The minimum absolute atomic E-state index is 0.120. The van der Waals surface area contributed by atoms with Gasteiger partial charge in [0.25, 0.3) is 0 Å². The first-order chi connectivity index (χ1) is 14.9. The van der Waals surface area contributed by atoms with E-state index in [-0.39, 0.29) is 11.5 Å². The van der Waals surface area contributed by atoms with Crippen LogP contribution in [0.1, 0.15) is 74.7 Å². The predicted molar refractivity (Wildman–Crippen MR) is 117 cm³/mol. The molecule has 8 heteroatoms. The molecule has 2 aliphatic heterocycles. The fourth-order valence-corrected chi connectivity index (χ4v) is 6.81. The maximum atomic E-state index is 13.1. The lowest BCUT2D eigenvalue weighted by Crippen LogP contribution is -2.44. The molecular formula is C23H32N4O3S. The van der Waals surface area contributed by atoms with E-state index in [4.69, 9.17) is 9.51 Å². The zero-order valence-corrected chi connectivity index (χ0v) is 19.3. The van der Waals surface area contributed by atoms with Gasteiger partial charge < -0.3 is 4.52 Å². The van der Waals surface area contributed by atoms with E-state index >= 15 is 0 Å². The second kappa shape index (κ2) is 7.98. The van der Waals surface area contributed by atoms with Crippen molar-refractivity contribution in [2.45, 2.75) is 68.7 Å². The summed E-state index contributed by atoms with van der Waals surface area (Å²) in [4.78, 5) is 7.45. The fraction of sp³-hybridized carbons (Fsp3) is 0.652. The Morgan fingerprint density at radius 2 is 1.87 bits per heavy atom. The van der Waals surface area contributed by atoms with Crippen molar-refractivity contribution in [2.75, 3.05) is 26.7 Å². The molecule has 1 aliphatic carbocycles. The summed E-state index contributed by atoms with van der Waals surface area (Å²) in [6, 6.07) is 7.47. The molecule has 0 bridgehead atoms. The summed E-state index contributed by atoms with van der Waals surface area (Å²) >= 11 is 0. The number of hydrogen-bond acceptors (Lipinski definition) is 6. The number of rotatable bonds is 5. The van der Waals surface area contributed by atoms with Crippen LogP contribution in [0, 0.1) is 5.41 Å². The van der Waals surface area contributed by atoms with Crippen LogP contribution >= 0.6 is 0 Å². The summed E-state index contributed by atoms with van der Waals surface area (Å²) in [5, 5.41) is 4.30. The highest BCUT2D eigenvalue weighted by Crippen LogP contribution is 2.48. The Bertz CT molecular complexity index is 1020. The Hall–Kier alpha value is -1.77. The number of likely N-dealkylation sites (tertiary alicyclic amines) is 1. The number of piperidine rings is 1. The van der Waals surface area contributed by atoms with E-state index < -0.39 is 10.0 Å². The predicted octanol–water partition coefficient (Wildman–Crippen LogP) is 3.75. The van der Waals surface area contributed by atoms with Gasteiger partial charge in [-0.2, -0.15) is 9.29 Å². The van der Waals surface area contributed by atoms with E-state index in [0.717, 1.165) is 62.3 Å². The molecule has 3 fully saturated rings. The van der Waals surface area contributed by atoms with Crippen molar-refractivity contribution in [3.8, 4) is 0 Å². The zero-order valence-electron chi connectivity index (χ0n) is 18.5. The molecule has 1 saturated carbocycles. The summed E-state index contributed by atoms with van der Waals surface area (Å²) in [6.45, 7) is 4.15. The van der Waals surface area contributed by atoms with E-state index in [1.54, 1.807) is 16.4 Å². The van der Waals surface area contributed by atoms with E-state index in [1.807, 2.05) is 12.1 Å². The van der Waals surface area contributed by atoms with Crippen LogP contribution < -0.4 is 0 Å². The Labute approximate surface area is 184 Å². The summed E-state index contributed by atoms with van der Waals surface area (Å²) < 4.78 is 33.5. The lowest BCUT2D eigenvalue weighted by atomic mass is 9.77. The topological polar surface area (TPSA) is 79.5 Å². The SMILES string of the molecule is CCc1ccc(S(=O)(=O)N2CCC3(CC2)CC(c2noc(C4CCC4)n2)N(C)C3)cc1. The molecule has 168 valence electrons. The average Bonchev–Trinajstić information content (AvgIpc) is 3.32. The van der Waals surface area contributed by atoms with Crippen LogP contribution in [0.2, 0.25) is 0 Å². The first-order valence-corrected chi connectivity index (χ1v) is 13.0. The summed E-state index contributed by atoms with van der Waals surface area (Å²) in [5.74, 6) is 2.04. The van der Waals surface area contributed by atoms with Crippen LogP contribution in [-0.2, 0) is 16.4 Å². The zero-order chi connectivity index (χ0) is 21.6. The molecule has 7 nitrogen and oxygen atoms in total. The van der Waals surface area contributed by atoms with Gasteiger partial charge in [-0.3, -0.25) is 4.90 Å². The van der Waals surface area contributed by atoms with Gasteiger partial charge in [-0.25, -0.2) is 8.42 Å². The molecule has 1 aromatic heterocycles. The minimum atomic E-state index is -3.44. The summed E-state index contributed by atoms with van der Waals surface area (Å²) in [5.41, 5.74) is 1.27. The van der Waals surface area contributed by atoms with Crippen molar-refractivity contribution in [3.05, 3.63) is 41.5 Å². The van der Waals surface area contributed by atoms with Crippen LogP contribution in [0.3, 0.4) is 0 Å². The Balaban J connectivity index is 1.25. The van der Waals surface area contributed by atoms with Crippen LogP contribution in [0.4, 0.5) is 0 Å². The van der Waals surface area contributed by atoms with Crippen LogP contribution in [0.25, 0.3) is 0 Å². The number of benzene rings is 1. The molecule has 1 atom stereocenters. The second-order valence-electron chi connectivity index (χ2n) is 9.66. The third-order valence-electron chi connectivity index (χ3n) is 7.71. The van der Waals surface area contributed by atoms with Gasteiger partial charge in [-0.05, 0) is 68.7 Å². The molecular weight excluding hydrogens is 412 g/mol. The quantitative estimate of drug-likeness (QED) is 0.699. The number of aromatic nitrogens is 2. The fourth-order valence-electron chi connectivity index (χ4n) is 5.37. The molecule has 5 rings (SSSR count). The Morgan fingerprint density at radius 3 is 2.48 bits per heavy atom. The van der Waals surface area contributed by atoms with E-state index in [2.05, 4.69) is 24.0 Å². The number of nitrogens with zero attached hydrogens (tertiary/aromatic N) is 4. The highest BCUT2D eigenvalue weighted by molar-refractivity contribution is 7.89. The Morgan fingerprint density at radius 1 is 1.16 bits per heavy atom. The van der Waals surface area contributed by atoms with E-state index in [1.165, 1.54) is 6.42 Å². The average molecular weight is 445 g/mol. The highest BCUT2D eigenvalue weighted by atomic mass is 32.2. The molecule has 2 saturated heterocycles.